The molecule has 0 aliphatic carbocycles. The summed E-state index contributed by atoms with van der Waals surface area (Å²) in [7, 11) is 5.27. The van der Waals surface area contributed by atoms with E-state index in [0.717, 1.165) is 0 Å². The highest BCUT2D eigenvalue weighted by atomic mass is 16.7. The topological polar surface area (TPSA) is 189 Å². The Kier molecular flexibility index (Phi) is 15.3. The van der Waals surface area contributed by atoms with Gasteiger partial charge >= 0.3 is 5.97 Å². The molecule has 3 saturated heterocycles. The van der Waals surface area contributed by atoms with E-state index in [2.05, 4.69) is 5.32 Å². The normalized spacial score (nSPS) is 49.9. The van der Waals surface area contributed by atoms with Gasteiger partial charge in [-0.2, -0.15) is 0 Å². The quantitative estimate of drug-likeness (QED) is 0.207. The van der Waals surface area contributed by atoms with Gasteiger partial charge in [0.05, 0.1) is 41.5 Å². The van der Waals surface area contributed by atoms with Crippen LogP contribution < -0.4 is 5.32 Å². The molecule has 3 aliphatic heterocycles. The molecular weight excluding hydrogens is 664 g/mol. The first-order chi connectivity index (χ1) is 23.5. The summed E-state index contributed by atoms with van der Waals surface area (Å²) in [5, 5.41) is 60.9. The summed E-state index contributed by atoms with van der Waals surface area (Å²) < 4.78 is 37.4. The fraction of sp³-hybridized carbons (Fsp3) is 0.973. The molecule has 0 aromatic carbocycles. The van der Waals surface area contributed by atoms with Crippen LogP contribution >= 0.6 is 0 Å². The zero-order chi connectivity index (χ0) is 38.8. The van der Waals surface area contributed by atoms with Crippen LogP contribution in [0.3, 0.4) is 0 Å². The number of hydrogen-bond acceptors (Lipinski definition) is 14. The van der Waals surface area contributed by atoms with Crippen molar-refractivity contribution >= 4 is 5.97 Å². The van der Waals surface area contributed by atoms with Crippen LogP contribution in [0, 0.1) is 17.8 Å². The van der Waals surface area contributed by atoms with E-state index in [9.17, 15) is 30.3 Å². The third-order valence-corrected chi connectivity index (χ3v) is 11.7. The van der Waals surface area contributed by atoms with E-state index in [-0.39, 0.29) is 37.3 Å². The highest BCUT2D eigenvalue weighted by molar-refractivity contribution is 5.73. The third-order valence-electron chi connectivity index (χ3n) is 11.7. The number of rotatable bonds is 7. The number of ether oxygens (including phenoxy) is 6. The molecule has 300 valence electrons. The molecule has 0 bridgehead atoms. The van der Waals surface area contributed by atoms with E-state index in [0.29, 0.717) is 13.0 Å². The van der Waals surface area contributed by atoms with E-state index in [1.165, 1.54) is 14.0 Å². The molecule has 3 heterocycles. The second-order valence-corrected chi connectivity index (χ2v) is 16.7. The monoisotopic (exact) mass is 734 g/mol. The summed E-state index contributed by atoms with van der Waals surface area (Å²) in [6.45, 7) is 17.8. The number of aliphatic hydroxyl groups is 5. The fourth-order valence-corrected chi connectivity index (χ4v) is 8.36. The number of aliphatic hydroxyl groups excluding tert-OH is 3. The lowest BCUT2D eigenvalue weighted by Crippen LogP contribution is -2.60. The van der Waals surface area contributed by atoms with Crippen LogP contribution in [0.25, 0.3) is 0 Å². The Morgan fingerprint density at radius 3 is 2.14 bits per heavy atom. The van der Waals surface area contributed by atoms with Crippen LogP contribution in [0.2, 0.25) is 0 Å². The maximum Gasteiger partial charge on any atom is 0.311 e. The van der Waals surface area contributed by atoms with Gasteiger partial charge in [0.25, 0.3) is 0 Å². The Morgan fingerprint density at radius 1 is 0.941 bits per heavy atom. The SMILES string of the molecule is CC[C@H]1OC(=O)[C@H](C)[C@@H](O[C@@H]2C[C@](C)(OC)[C@H](O)[C@H](C)O2)[C@H](C)[C@@H](O[C@@H]2O[C@H](C)C[C@@H](N(C)C)[C@H]2O)[C@](C)(O)C[C@@H](C)CN[C@H](C)[C@@H](O)[C@]1(C)O. The van der Waals surface area contributed by atoms with E-state index < -0.39 is 96.0 Å². The van der Waals surface area contributed by atoms with Crippen molar-refractivity contribution in [2.45, 2.75) is 185 Å². The molecule has 0 radical (unpaired) electrons. The van der Waals surface area contributed by atoms with Crippen molar-refractivity contribution in [2.24, 2.45) is 17.8 Å². The van der Waals surface area contributed by atoms with Gasteiger partial charge in [-0.3, -0.25) is 4.79 Å². The lowest BCUT2D eigenvalue weighted by atomic mass is 9.77. The minimum atomic E-state index is -1.80. The molecule has 0 amide bonds. The van der Waals surface area contributed by atoms with Crippen LogP contribution in [0.1, 0.15) is 94.9 Å². The summed E-state index contributed by atoms with van der Waals surface area (Å²) in [6, 6.07) is -0.858. The molecule has 18 atom stereocenters. The molecule has 3 aliphatic rings. The Bertz CT molecular complexity index is 1110. The van der Waals surface area contributed by atoms with Gasteiger partial charge in [-0.05, 0) is 94.3 Å². The van der Waals surface area contributed by atoms with E-state index in [4.69, 9.17) is 28.4 Å². The summed E-state index contributed by atoms with van der Waals surface area (Å²) in [6.07, 6.45) is -8.22. The van der Waals surface area contributed by atoms with Crippen molar-refractivity contribution in [1.82, 2.24) is 10.2 Å². The highest BCUT2D eigenvalue weighted by Crippen LogP contribution is 2.40. The number of likely N-dealkylation sites (N-methyl/N-ethyl adjacent to an activating group) is 1. The summed E-state index contributed by atoms with van der Waals surface area (Å²) in [5.74, 6) is -2.60. The molecule has 0 saturated carbocycles. The van der Waals surface area contributed by atoms with Gasteiger partial charge in [-0.25, -0.2) is 0 Å². The summed E-state index contributed by atoms with van der Waals surface area (Å²) >= 11 is 0. The highest BCUT2D eigenvalue weighted by Gasteiger charge is 2.52. The first-order valence-electron chi connectivity index (χ1n) is 18.8. The van der Waals surface area contributed by atoms with Gasteiger partial charge < -0.3 is 64.2 Å². The van der Waals surface area contributed by atoms with Gasteiger partial charge in [-0.1, -0.05) is 20.8 Å². The Hall–Kier alpha value is -1.01. The number of cyclic esters (lactones) is 1. The van der Waals surface area contributed by atoms with Crippen molar-refractivity contribution in [2.75, 3.05) is 27.7 Å². The number of carbonyl (C=O) groups is 1. The number of esters is 1. The van der Waals surface area contributed by atoms with Crippen LogP contribution in [0.5, 0.6) is 0 Å². The van der Waals surface area contributed by atoms with E-state index in [1.807, 2.05) is 39.8 Å². The lowest BCUT2D eigenvalue weighted by Gasteiger charge is -2.48. The first-order valence-corrected chi connectivity index (χ1v) is 18.8. The molecule has 6 N–H and O–H groups in total. The molecule has 14 nitrogen and oxygen atoms in total. The van der Waals surface area contributed by atoms with Crippen molar-refractivity contribution in [1.29, 1.82) is 0 Å². The fourth-order valence-electron chi connectivity index (χ4n) is 8.36. The first kappa shape index (κ1) is 44.4. The maximum absolute atomic E-state index is 14.1. The van der Waals surface area contributed by atoms with Gasteiger partial charge in [0.1, 0.15) is 30.0 Å². The lowest BCUT2D eigenvalue weighted by molar-refractivity contribution is -0.318. The minimum absolute atomic E-state index is 0.132. The van der Waals surface area contributed by atoms with Crippen LogP contribution in [-0.4, -0.2) is 154 Å². The van der Waals surface area contributed by atoms with Crippen LogP contribution in [0.15, 0.2) is 0 Å². The molecule has 0 aromatic heterocycles. The third kappa shape index (κ3) is 10.2. The molecule has 14 heteroatoms. The molecule has 3 fully saturated rings. The zero-order valence-corrected chi connectivity index (χ0v) is 33.2. The number of carbonyl (C=O) groups excluding carboxylic acids is 1. The molecule has 51 heavy (non-hydrogen) atoms. The van der Waals surface area contributed by atoms with Gasteiger partial charge in [0, 0.05) is 31.5 Å². The molecular formula is C37H70N2O12. The van der Waals surface area contributed by atoms with Crippen molar-refractivity contribution in [3.63, 3.8) is 0 Å². The second-order valence-electron chi connectivity index (χ2n) is 16.7. The largest absolute Gasteiger partial charge is 0.459 e. The Labute approximate surface area is 305 Å². The zero-order valence-electron chi connectivity index (χ0n) is 33.2. The van der Waals surface area contributed by atoms with Crippen molar-refractivity contribution < 1.29 is 58.7 Å². The second kappa shape index (κ2) is 17.6. The summed E-state index contributed by atoms with van der Waals surface area (Å²) in [4.78, 5) is 16.1. The van der Waals surface area contributed by atoms with Crippen LogP contribution in [0.4, 0.5) is 0 Å². The van der Waals surface area contributed by atoms with Crippen molar-refractivity contribution in [3.8, 4) is 0 Å². The number of methoxy groups -OCH3 is 1. The van der Waals surface area contributed by atoms with Gasteiger partial charge in [-0.15, -0.1) is 0 Å². The van der Waals surface area contributed by atoms with Gasteiger partial charge in [0.15, 0.2) is 12.6 Å². The smallest absolute Gasteiger partial charge is 0.311 e. The van der Waals surface area contributed by atoms with Crippen molar-refractivity contribution in [3.05, 3.63) is 0 Å². The molecule has 0 spiro atoms. The van der Waals surface area contributed by atoms with Gasteiger partial charge in [0.2, 0.25) is 0 Å². The van der Waals surface area contributed by atoms with E-state index >= 15 is 0 Å². The number of hydrogen-bond donors (Lipinski definition) is 6. The molecule has 0 aromatic rings. The predicted octanol–water partition coefficient (Wildman–Crippen LogP) is 1.56. The predicted molar refractivity (Wildman–Crippen MR) is 190 cm³/mol. The average molecular weight is 735 g/mol. The standard InChI is InChI=1S/C37H70N2O12/c1-14-26-37(10,45)30(41)23(6)38-18-19(2)16-35(8,44)32(51-34-28(40)25(39(11)12)15-20(3)47-34)21(4)29(22(5)33(43)49-26)50-27-17-36(9,46-13)31(42)24(7)48-27/h19-32,34,38,40-42,44-45H,14-18H2,1-13H3/t19-,20-,21+,22-,23-,24+,25-,26-,27-,28-,29+,30-,31-,32-,34+,35-,36+,37-/m1/s1. The number of nitrogens with one attached hydrogen (secondary N) is 1. The molecule has 3 rings (SSSR count). The molecule has 0 unspecified atom stereocenters. The minimum Gasteiger partial charge on any atom is -0.459 e. The Morgan fingerprint density at radius 2 is 1.57 bits per heavy atom. The van der Waals surface area contributed by atoms with E-state index in [1.54, 1.807) is 41.5 Å². The summed E-state index contributed by atoms with van der Waals surface area (Å²) in [5.41, 5.74) is -4.37. The maximum atomic E-state index is 14.1. The average Bonchev–Trinajstić information content (AvgIpc) is 3.05. The Balaban J connectivity index is 2.15. The number of nitrogens with zero attached hydrogens (tertiary/aromatic N) is 1. The van der Waals surface area contributed by atoms with Crippen LogP contribution in [-0.2, 0) is 33.2 Å².